The van der Waals surface area contributed by atoms with Crippen LogP contribution in [0.5, 0.6) is 5.75 Å². The molecule has 1 atom stereocenters. The minimum absolute atomic E-state index is 0.113. The highest BCUT2D eigenvalue weighted by molar-refractivity contribution is 5.35. The number of ether oxygens (including phenoxy) is 1. The molecule has 0 saturated carbocycles. The van der Waals surface area contributed by atoms with Gasteiger partial charge in [0, 0.05) is 6.04 Å². The minimum atomic E-state index is -4.41. The monoisotopic (exact) mass is 302 g/mol. The Bertz CT molecular complexity index is 456. The van der Waals surface area contributed by atoms with E-state index in [2.05, 4.69) is 11.9 Å². The molecular weight excluding hydrogens is 281 g/mol. The van der Waals surface area contributed by atoms with Crippen LogP contribution >= 0.6 is 0 Å². The van der Waals surface area contributed by atoms with Crippen molar-refractivity contribution in [2.75, 3.05) is 26.7 Å². The van der Waals surface area contributed by atoms with E-state index in [-0.39, 0.29) is 18.4 Å². The lowest BCUT2D eigenvalue weighted by Crippen LogP contribution is -2.42. The zero-order valence-electron chi connectivity index (χ0n) is 12.1. The second-order valence-electron chi connectivity index (χ2n) is 5.61. The average molecular weight is 302 g/mol. The van der Waals surface area contributed by atoms with Crippen molar-refractivity contribution in [1.82, 2.24) is 4.90 Å². The van der Waals surface area contributed by atoms with Crippen LogP contribution in [0.2, 0.25) is 0 Å². The third-order valence-corrected chi connectivity index (χ3v) is 3.99. The summed E-state index contributed by atoms with van der Waals surface area (Å²) in [6.07, 6.45) is -2.49. The molecule has 1 heterocycles. The summed E-state index contributed by atoms with van der Waals surface area (Å²) in [4.78, 5) is 2.23. The maximum Gasteiger partial charge on any atom is 0.419 e. The Labute approximate surface area is 122 Å². The first-order valence-electron chi connectivity index (χ1n) is 7.11. The van der Waals surface area contributed by atoms with Crippen molar-refractivity contribution in [3.8, 4) is 5.75 Å². The zero-order valence-corrected chi connectivity index (χ0v) is 12.1. The van der Waals surface area contributed by atoms with Crippen LogP contribution in [-0.4, -0.2) is 37.7 Å². The Hall–Kier alpha value is -1.27. The fourth-order valence-electron chi connectivity index (χ4n) is 2.61. The van der Waals surface area contributed by atoms with E-state index in [1.54, 1.807) is 0 Å². The van der Waals surface area contributed by atoms with E-state index in [0.29, 0.717) is 5.92 Å². The van der Waals surface area contributed by atoms with Crippen molar-refractivity contribution in [3.05, 3.63) is 29.8 Å². The predicted octanol–water partition coefficient (Wildman–Crippen LogP) is 2.75. The number of hydrogen-bond donors (Lipinski definition) is 1. The van der Waals surface area contributed by atoms with Gasteiger partial charge in [-0.1, -0.05) is 12.1 Å². The smallest absolute Gasteiger partial charge is 0.419 e. The van der Waals surface area contributed by atoms with E-state index in [9.17, 15) is 13.2 Å². The number of likely N-dealkylation sites (tertiary alicyclic amines) is 1. The summed E-state index contributed by atoms with van der Waals surface area (Å²) < 4.78 is 43.9. The molecule has 1 unspecified atom stereocenters. The number of benzene rings is 1. The zero-order chi connectivity index (χ0) is 15.5. The lowest BCUT2D eigenvalue weighted by atomic mass is 9.90. The third kappa shape index (κ3) is 4.35. The summed E-state index contributed by atoms with van der Waals surface area (Å²) in [5.74, 6) is 0.160. The van der Waals surface area contributed by atoms with E-state index in [4.69, 9.17) is 10.5 Å². The highest BCUT2D eigenvalue weighted by Crippen LogP contribution is 2.36. The molecule has 0 radical (unpaired) electrons. The summed E-state index contributed by atoms with van der Waals surface area (Å²) in [6, 6.07) is 5.01. The summed E-state index contributed by atoms with van der Waals surface area (Å²) in [5.41, 5.74) is 5.33. The largest absolute Gasteiger partial charge is 0.491 e. The van der Waals surface area contributed by atoms with Crippen LogP contribution in [0.3, 0.4) is 0 Å². The lowest BCUT2D eigenvalue weighted by Gasteiger charge is -2.32. The summed E-state index contributed by atoms with van der Waals surface area (Å²) in [5, 5.41) is 0. The summed E-state index contributed by atoms with van der Waals surface area (Å²) >= 11 is 0. The van der Waals surface area contributed by atoms with Gasteiger partial charge >= 0.3 is 6.18 Å². The molecule has 1 aromatic rings. The first kappa shape index (κ1) is 16.1. The van der Waals surface area contributed by atoms with E-state index in [1.165, 1.54) is 18.2 Å². The maximum absolute atomic E-state index is 12.9. The van der Waals surface area contributed by atoms with Crippen LogP contribution in [0.1, 0.15) is 18.4 Å². The standard InChI is InChI=1S/C15H21F3N2O/c1-20-8-6-11(7-9-20)13(19)10-21-14-5-3-2-4-12(14)15(16,17)18/h2-5,11,13H,6-10,19H2,1H3. The molecule has 1 fully saturated rings. The van der Waals surface area contributed by atoms with Gasteiger partial charge in [-0.15, -0.1) is 0 Å². The van der Waals surface area contributed by atoms with Crippen LogP contribution in [-0.2, 0) is 6.18 Å². The number of rotatable bonds is 4. The molecule has 2 N–H and O–H groups in total. The van der Waals surface area contributed by atoms with Gasteiger partial charge in [-0.2, -0.15) is 13.2 Å². The Kier molecular flexibility index (Phi) is 5.11. The molecule has 3 nitrogen and oxygen atoms in total. The summed E-state index contributed by atoms with van der Waals surface area (Å²) in [7, 11) is 2.05. The van der Waals surface area contributed by atoms with Gasteiger partial charge in [0.15, 0.2) is 0 Å². The van der Waals surface area contributed by atoms with Crippen LogP contribution in [0.15, 0.2) is 24.3 Å². The Morgan fingerprint density at radius 2 is 1.90 bits per heavy atom. The van der Waals surface area contributed by atoms with Crippen LogP contribution in [0, 0.1) is 5.92 Å². The number of hydrogen-bond acceptors (Lipinski definition) is 3. The molecule has 0 bridgehead atoms. The van der Waals surface area contributed by atoms with Crippen LogP contribution in [0.25, 0.3) is 0 Å². The van der Waals surface area contributed by atoms with Crippen molar-refractivity contribution >= 4 is 0 Å². The normalized spacial score (nSPS) is 19.5. The third-order valence-electron chi connectivity index (χ3n) is 3.99. The average Bonchev–Trinajstić information content (AvgIpc) is 2.45. The number of nitrogens with zero attached hydrogens (tertiary/aromatic N) is 1. The molecule has 21 heavy (non-hydrogen) atoms. The minimum Gasteiger partial charge on any atom is -0.491 e. The molecule has 1 saturated heterocycles. The quantitative estimate of drug-likeness (QED) is 0.929. The van der Waals surface area contributed by atoms with E-state index >= 15 is 0 Å². The molecule has 1 aliphatic heterocycles. The number of alkyl halides is 3. The van der Waals surface area contributed by atoms with Gasteiger partial charge in [0.2, 0.25) is 0 Å². The van der Waals surface area contributed by atoms with E-state index < -0.39 is 11.7 Å². The number of nitrogens with two attached hydrogens (primary N) is 1. The summed E-state index contributed by atoms with van der Waals surface area (Å²) in [6.45, 7) is 2.05. The van der Waals surface area contributed by atoms with Crippen molar-refractivity contribution in [1.29, 1.82) is 0 Å². The molecule has 1 aliphatic rings. The van der Waals surface area contributed by atoms with Gasteiger partial charge in [-0.3, -0.25) is 0 Å². The van der Waals surface area contributed by atoms with Gasteiger partial charge < -0.3 is 15.4 Å². The van der Waals surface area contributed by atoms with Gasteiger partial charge in [0.1, 0.15) is 12.4 Å². The van der Waals surface area contributed by atoms with Gasteiger partial charge in [0.25, 0.3) is 0 Å². The van der Waals surface area contributed by atoms with Crippen molar-refractivity contribution < 1.29 is 17.9 Å². The first-order chi connectivity index (χ1) is 9.88. The maximum atomic E-state index is 12.9. The molecule has 6 heteroatoms. The van der Waals surface area contributed by atoms with Crippen molar-refractivity contribution in [2.24, 2.45) is 11.7 Å². The molecule has 0 aromatic heterocycles. The second-order valence-corrected chi connectivity index (χ2v) is 5.61. The Morgan fingerprint density at radius 1 is 1.29 bits per heavy atom. The number of piperidine rings is 1. The van der Waals surface area contributed by atoms with Gasteiger partial charge in [-0.05, 0) is 51.0 Å². The van der Waals surface area contributed by atoms with Gasteiger partial charge in [0.05, 0.1) is 5.56 Å². The second kappa shape index (κ2) is 6.66. The van der Waals surface area contributed by atoms with Crippen molar-refractivity contribution in [3.63, 3.8) is 0 Å². The van der Waals surface area contributed by atoms with Crippen LogP contribution < -0.4 is 10.5 Å². The molecule has 0 aliphatic carbocycles. The predicted molar refractivity (Wildman–Crippen MR) is 75.1 cm³/mol. The first-order valence-corrected chi connectivity index (χ1v) is 7.11. The Morgan fingerprint density at radius 3 is 2.52 bits per heavy atom. The topological polar surface area (TPSA) is 38.5 Å². The molecule has 1 aromatic carbocycles. The van der Waals surface area contributed by atoms with E-state index in [1.807, 2.05) is 0 Å². The molecule has 0 amide bonds. The van der Waals surface area contributed by atoms with Gasteiger partial charge in [-0.25, -0.2) is 0 Å². The molecular formula is C15H21F3N2O. The fraction of sp³-hybridized carbons (Fsp3) is 0.600. The molecule has 0 spiro atoms. The highest BCUT2D eigenvalue weighted by Gasteiger charge is 2.34. The SMILES string of the molecule is CN1CCC(C(N)COc2ccccc2C(F)(F)F)CC1. The molecule has 118 valence electrons. The lowest BCUT2D eigenvalue weighted by molar-refractivity contribution is -0.139. The number of halogens is 3. The van der Waals surface area contributed by atoms with Crippen molar-refractivity contribution in [2.45, 2.75) is 25.1 Å². The fourth-order valence-corrected chi connectivity index (χ4v) is 2.61. The highest BCUT2D eigenvalue weighted by atomic mass is 19.4. The number of para-hydroxylation sites is 1. The Balaban J connectivity index is 1.94. The van der Waals surface area contributed by atoms with Crippen LogP contribution in [0.4, 0.5) is 13.2 Å². The van der Waals surface area contributed by atoms with E-state index in [0.717, 1.165) is 32.0 Å². The molecule has 2 rings (SSSR count).